The zero-order valence-electron chi connectivity index (χ0n) is 12.2. The van der Waals surface area contributed by atoms with Crippen LogP contribution in [0, 0.1) is 5.92 Å². The Morgan fingerprint density at radius 3 is 2.30 bits per heavy atom. The normalized spacial score (nSPS) is 20.9. The molecule has 2 aliphatic rings. The number of piperazine rings is 1. The minimum Gasteiger partial charge on any atom is -0.450 e. The maximum atomic E-state index is 12.3. The van der Waals surface area contributed by atoms with Gasteiger partial charge in [0.15, 0.2) is 0 Å². The maximum absolute atomic E-state index is 12.3. The van der Waals surface area contributed by atoms with Gasteiger partial charge in [0.25, 0.3) is 0 Å². The average molecular weight is 300 g/mol. The molecule has 2 rings (SSSR count). The van der Waals surface area contributed by atoms with Gasteiger partial charge in [-0.25, -0.2) is 4.79 Å². The molecule has 0 saturated carbocycles. The van der Waals surface area contributed by atoms with E-state index < -0.39 is 0 Å². The van der Waals surface area contributed by atoms with Crippen molar-refractivity contribution < 1.29 is 14.3 Å². The van der Waals surface area contributed by atoms with Crippen LogP contribution in [0.3, 0.4) is 0 Å². The Morgan fingerprint density at radius 2 is 1.70 bits per heavy atom. The number of hydrogen-bond acceptors (Lipinski definition) is 4. The van der Waals surface area contributed by atoms with Gasteiger partial charge < -0.3 is 14.5 Å². The quantitative estimate of drug-likeness (QED) is 0.798. The Balaban J connectivity index is 1.72. The summed E-state index contributed by atoms with van der Waals surface area (Å²) in [6.45, 7) is 4.66. The summed E-state index contributed by atoms with van der Waals surface area (Å²) in [6, 6.07) is 0. The number of hydrogen-bond donors (Lipinski definition) is 0. The highest BCUT2D eigenvalue weighted by Gasteiger charge is 2.26. The van der Waals surface area contributed by atoms with Crippen LogP contribution in [0.15, 0.2) is 0 Å². The number of thioether (sulfide) groups is 1. The Morgan fingerprint density at radius 1 is 1.10 bits per heavy atom. The average Bonchev–Trinajstić information content (AvgIpc) is 2.48. The maximum Gasteiger partial charge on any atom is 0.409 e. The van der Waals surface area contributed by atoms with Crippen molar-refractivity contribution in [3.05, 3.63) is 0 Å². The molecular formula is C14H24N2O3S. The highest BCUT2D eigenvalue weighted by atomic mass is 32.2. The number of amides is 2. The summed E-state index contributed by atoms with van der Waals surface area (Å²) in [5, 5.41) is 0. The molecule has 2 fully saturated rings. The third-order valence-corrected chi connectivity index (χ3v) is 5.01. The summed E-state index contributed by atoms with van der Waals surface area (Å²) >= 11 is 1.99. The second-order valence-electron chi connectivity index (χ2n) is 5.33. The van der Waals surface area contributed by atoms with Gasteiger partial charge in [0.2, 0.25) is 5.91 Å². The smallest absolute Gasteiger partial charge is 0.409 e. The van der Waals surface area contributed by atoms with Gasteiger partial charge >= 0.3 is 6.09 Å². The van der Waals surface area contributed by atoms with E-state index in [4.69, 9.17) is 4.74 Å². The summed E-state index contributed by atoms with van der Waals surface area (Å²) in [7, 11) is 0. The minimum absolute atomic E-state index is 0.255. The van der Waals surface area contributed by atoms with E-state index in [1.165, 1.54) is 24.3 Å². The molecule has 0 radical (unpaired) electrons. The fourth-order valence-corrected chi connectivity index (χ4v) is 3.88. The third-order valence-electron chi connectivity index (χ3n) is 3.96. The van der Waals surface area contributed by atoms with Crippen molar-refractivity contribution >= 4 is 23.8 Å². The number of nitrogens with zero attached hydrogens (tertiary/aromatic N) is 2. The second-order valence-corrected chi connectivity index (χ2v) is 6.55. The van der Waals surface area contributed by atoms with Gasteiger partial charge in [0.1, 0.15) is 0 Å². The van der Waals surface area contributed by atoms with Crippen LogP contribution < -0.4 is 0 Å². The Hall–Kier alpha value is -0.910. The fraction of sp³-hybridized carbons (Fsp3) is 0.857. The number of carbonyl (C=O) groups excluding carboxylic acids is 2. The van der Waals surface area contributed by atoms with Crippen LogP contribution in [-0.4, -0.2) is 66.1 Å². The van der Waals surface area contributed by atoms with Crippen molar-refractivity contribution in [1.82, 2.24) is 9.80 Å². The summed E-state index contributed by atoms with van der Waals surface area (Å²) in [5.41, 5.74) is 0. The first-order valence-electron chi connectivity index (χ1n) is 7.48. The van der Waals surface area contributed by atoms with Crippen molar-refractivity contribution in [2.45, 2.75) is 26.2 Å². The lowest BCUT2D eigenvalue weighted by atomic mass is 9.98. The van der Waals surface area contributed by atoms with Crippen LogP contribution in [0.4, 0.5) is 4.79 Å². The van der Waals surface area contributed by atoms with Crippen molar-refractivity contribution in [2.75, 3.05) is 44.3 Å². The largest absolute Gasteiger partial charge is 0.450 e. The lowest BCUT2D eigenvalue weighted by Gasteiger charge is -2.35. The van der Waals surface area contributed by atoms with E-state index in [9.17, 15) is 9.59 Å². The second kappa shape index (κ2) is 7.76. The summed E-state index contributed by atoms with van der Waals surface area (Å²) in [5.74, 6) is 3.20. The van der Waals surface area contributed by atoms with Crippen molar-refractivity contribution in [2.24, 2.45) is 5.92 Å². The highest BCUT2D eigenvalue weighted by molar-refractivity contribution is 7.99. The van der Waals surface area contributed by atoms with Crippen molar-refractivity contribution in [3.8, 4) is 0 Å². The lowest BCUT2D eigenvalue weighted by molar-refractivity contribution is -0.133. The zero-order valence-corrected chi connectivity index (χ0v) is 13.0. The predicted octanol–water partition coefficient (Wildman–Crippen LogP) is 1.82. The van der Waals surface area contributed by atoms with Crippen LogP contribution in [0.25, 0.3) is 0 Å². The van der Waals surface area contributed by atoms with Gasteiger partial charge in [-0.1, -0.05) is 0 Å². The first kappa shape index (κ1) is 15.5. The summed E-state index contributed by atoms with van der Waals surface area (Å²) in [6.07, 6.45) is 2.75. The van der Waals surface area contributed by atoms with E-state index in [0.717, 1.165) is 0 Å². The molecule has 0 spiro atoms. The molecule has 0 aromatic rings. The summed E-state index contributed by atoms with van der Waals surface area (Å²) in [4.78, 5) is 27.4. The first-order valence-corrected chi connectivity index (χ1v) is 8.63. The van der Waals surface area contributed by atoms with E-state index in [2.05, 4.69) is 0 Å². The van der Waals surface area contributed by atoms with Gasteiger partial charge in [-0.2, -0.15) is 11.8 Å². The van der Waals surface area contributed by atoms with Gasteiger partial charge in [-0.15, -0.1) is 0 Å². The fourth-order valence-electron chi connectivity index (χ4n) is 2.68. The molecule has 0 aromatic carbocycles. The van der Waals surface area contributed by atoms with Gasteiger partial charge in [0, 0.05) is 32.6 Å². The van der Waals surface area contributed by atoms with Gasteiger partial charge in [-0.3, -0.25) is 4.79 Å². The molecule has 0 N–H and O–H groups in total. The Labute approximate surface area is 125 Å². The van der Waals surface area contributed by atoms with E-state index in [-0.39, 0.29) is 12.0 Å². The molecule has 20 heavy (non-hydrogen) atoms. The van der Waals surface area contributed by atoms with E-state index in [1.807, 2.05) is 16.7 Å². The standard InChI is InChI=1S/C14H24N2O3S/c1-2-19-14(18)16-7-5-15(6-8-16)13(17)11-12-3-9-20-10-4-12/h12H,2-11H2,1H3. The first-order chi connectivity index (χ1) is 9.70. The van der Waals surface area contributed by atoms with Gasteiger partial charge in [0.05, 0.1) is 6.61 Å². The lowest BCUT2D eigenvalue weighted by Crippen LogP contribution is -2.51. The van der Waals surface area contributed by atoms with E-state index in [0.29, 0.717) is 45.1 Å². The number of ether oxygens (including phenoxy) is 1. The number of carbonyl (C=O) groups is 2. The molecule has 2 heterocycles. The third kappa shape index (κ3) is 4.30. The van der Waals surface area contributed by atoms with E-state index >= 15 is 0 Å². The molecule has 0 unspecified atom stereocenters. The molecule has 114 valence electrons. The molecule has 2 saturated heterocycles. The van der Waals surface area contributed by atoms with Gasteiger partial charge in [-0.05, 0) is 37.2 Å². The van der Waals surface area contributed by atoms with Crippen molar-refractivity contribution in [1.29, 1.82) is 0 Å². The molecule has 0 bridgehead atoms. The molecule has 0 atom stereocenters. The molecule has 2 amide bonds. The van der Waals surface area contributed by atoms with Crippen LogP contribution >= 0.6 is 11.8 Å². The van der Waals surface area contributed by atoms with Crippen LogP contribution in [0.2, 0.25) is 0 Å². The summed E-state index contributed by atoms with van der Waals surface area (Å²) < 4.78 is 4.98. The van der Waals surface area contributed by atoms with E-state index in [1.54, 1.807) is 11.8 Å². The van der Waals surface area contributed by atoms with Crippen LogP contribution in [0.1, 0.15) is 26.2 Å². The SMILES string of the molecule is CCOC(=O)N1CCN(C(=O)CC2CCSCC2)CC1. The minimum atomic E-state index is -0.260. The molecule has 2 aliphatic heterocycles. The topological polar surface area (TPSA) is 49.9 Å². The Kier molecular flexibility index (Phi) is 6.01. The van der Waals surface area contributed by atoms with Crippen molar-refractivity contribution in [3.63, 3.8) is 0 Å². The molecule has 5 nitrogen and oxygen atoms in total. The molecule has 6 heteroatoms. The molecular weight excluding hydrogens is 276 g/mol. The number of rotatable bonds is 3. The predicted molar refractivity (Wildman–Crippen MR) is 79.8 cm³/mol. The van der Waals surface area contributed by atoms with Crippen LogP contribution in [0.5, 0.6) is 0 Å². The highest BCUT2D eigenvalue weighted by Crippen LogP contribution is 2.26. The molecule has 0 aromatic heterocycles. The van der Waals surface area contributed by atoms with Crippen LogP contribution in [-0.2, 0) is 9.53 Å². The Bertz CT molecular complexity index is 337. The monoisotopic (exact) mass is 300 g/mol. The molecule has 0 aliphatic carbocycles. The zero-order chi connectivity index (χ0) is 14.4.